The number of hydrogen-bond donors (Lipinski definition) is 3. The van der Waals surface area contributed by atoms with Crippen molar-refractivity contribution in [2.75, 3.05) is 0 Å². The first-order valence-electron chi connectivity index (χ1n) is 4.52. The Morgan fingerprint density at radius 2 is 1.39 bits per heavy atom. The van der Waals surface area contributed by atoms with E-state index >= 15 is 0 Å². The molecule has 0 aliphatic carbocycles. The summed E-state index contributed by atoms with van der Waals surface area (Å²) in [5.74, 6) is -3.43. The van der Waals surface area contributed by atoms with Crippen molar-refractivity contribution in [1.29, 1.82) is 0 Å². The first-order chi connectivity index (χ1) is 8.32. The van der Waals surface area contributed by atoms with E-state index in [1.165, 1.54) is 24.3 Å². The molecule has 0 fully saturated rings. The molecule has 0 spiro atoms. The van der Waals surface area contributed by atoms with E-state index in [0.717, 1.165) is 0 Å². The number of rotatable bonds is 3. The Kier molecular flexibility index (Phi) is 6.42. The van der Waals surface area contributed by atoms with Gasteiger partial charge in [-0.15, -0.1) is 0 Å². The van der Waals surface area contributed by atoms with Crippen LogP contribution in [0.2, 0.25) is 0 Å². The Hall–Kier alpha value is -2.70. The highest BCUT2D eigenvalue weighted by Crippen LogP contribution is 2.00. The molecule has 1 amide bonds. The van der Waals surface area contributed by atoms with Gasteiger partial charge in [0.25, 0.3) is 0 Å². The summed E-state index contributed by atoms with van der Waals surface area (Å²) in [6, 6.07) is 5.08. The molecule has 0 aromatic heterocycles. The highest BCUT2D eigenvalue weighted by atomic mass is 19.1. The topological polar surface area (TPSA) is 118 Å². The fraction of sp³-hybridized carbons (Fsp3) is 0. The molecule has 96 valence electrons. The molecular weight excluding hydrogens is 245 g/mol. The van der Waals surface area contributed by atoms with Crippen LogP contribution in [0.3, 0.4) is 0 Å². The van der Waals surface area contributed by atoms with E-state index in [1.807, 2.05) is 0 Å². The third kappa shape index (κ3) is 7.57. The minimum Gasteiger partial charge on any atom is -0.478 e. The molecule has 1 aromatic carbocycles. The van der Waals surface area contributed by atoms with E-state index in [-0.39, 0.29) is 5.82 Å². The van der Waals surface area contributed by atoms with Crippen molar-refractivity contribution >= 4 is 17.8 Å². The lowest BCUT2D eigenvalue weighted by Crippen LogP contribution is -2.10. The van der Waals surface area contributed by atoms with Gasteiger partial charge in [-0.3, -0.25) is 4.79 Å². The Morgan fingerprint density at radius 3 is 1.67 bits per heavy atom. The number of primary amides is 1. The molecule has 0 bridgehead atoms. The van der Waals surface area contributed by atoms with Crippen molar-refractivity contribution in [3.63, 3.8) is 0 Å². The van der Waals surface area contributed by atoms with Gasteiger partial charge in [0.2, 0.25) is 5.91 Å². The second-order valence-corrected chi connectivity index (χ2v) is 2.88. The van der Waals surface area contributed by atoms with Gasteiger partial charge in [-0.1, -0.05) is 0 Å². The molecule has 0 saturated heterocycles. The van der Waals surface area contributed by atoms with Crippen LogP contribution in [-0.4, -0.2) is 28.1 Å². The van der Waals surface area contributed by atoms with Crippen LogP contribution in [0.25, 0.3) is 0 Å². The standard InChI is InChI=1S/C7H6FNO.C4H4O4/c8-6-3-1-5(2-4-6)7(9)10;5-3(6)1-2-4(7)8/h1-4H,(H2,9,10);1-2H,(H,5,6)(H,7,8)/b;2-1+. The fourth-order valence-corrected chi connectivity index (χ4v) is 0.757. The SMILES string of the molecule is NC(=O)c1ccc(F)cc1.O=C(O)/C=C/C(=O)O. The summed E-state index contributed by atoms with van der Waals surface area (Å²) >= 11 is 0. The van der Waals surface area contributed by atoms with Crippen molar-refractivity contribution < 1.29 is 29.0 Å². The molecule has 7 heteroatoms. The van der Waals surface area contributed by atoms with E-state index in [9.17, 15) is 18.8 Å². The summed E-state index contributed by atoms with van der Waals surface area (Å²) in [7, 11) is 0. The molecule has 18 heavy (non-hydrogen) atoms. The number of halogens is 1. The molecule has 0 heterocycles. The second-order valence-electron chi connectivity index (χ2n) is 2.88. The number of amides is 1. The molecule has 0 radical (unpaired) electrons. The zero-order valence-corrected chi connectivity index (χ0v) is 9.04. The monoisotopic (exact) mass is 255 g/mol. The van der Waals surface area contributed by atoms with Crippen LogP contribution in [0, 0.1) is 5.82 Å². The third-order valence-corrected chi connectivity index (χ3v) is 1.50. The number of carbonyl (C=O) groups is 3. The van der Waals surface area contributed by atoms with Crippen molar-refractivity contribution in [3.05, 3.63) is 47.8 Å². The number of aliphatic carboxylic acids is 2. The van der Waals surface area contributed by atoms with Crippen LogP contribution in [-0.2, 0) is 9.59 Å². The maximum atomic E-state index is 12.2. The van der Waals surface area contributed by atoms with E-state index in [4.69, 9.17) is 15.9 Å². The summed E-state index contributed by atoms with van der Waals surface area (Å²) < 4.78 is 12.2. The summed E-state index contributed by atoms with van der Waals surface area (Å²) in [5, 5.41) is 15.6. The second kappa shape index (κ2) is 7.55. The van der Waals surface area contributed by atoms with Crippen molar-refractivity contribution in [3.8, 4) is 0 Å². The van der Waals surface area contributed by atoms with Gasteiger partial charge in [0.05, 0.1) is 0 Å². The van der Waals surface area contributed by atoms with Crippen LogP contribution in [0.15, 0.2) is 36.4 Å². The van der Waals surface area contributed by atoms with Gasteiger partial charge in [0.15, 0.2) is 0 Å². The maximum absolute atomic E-state index is 12.2. The highest BCUT2D eigenvalue weighted by molar-refractivity contribution is 5.92. The molecular formula is C11H10FNO5. The molecule has 1 aromatic rings. The van der Waals surface area contributed by atoms with Gasteiger partial charge >= 0.3 is 11.9 Å². The average molecular weight is 255 g/mol. The Morgan fingerprint density at radius 1 is 1.00 bits per heavy atom. The zero-order chi connectivity index (χ0) is 14.1. The quantitative estimate of drug-likeness (QED) is 0.685. The molecule has 1 rings (SSSR count). The van der Waals surface area contributed by atoms with Crippen molar-refractivity contribution in [2.45, 2.75) is 0 Å². The summed E-state index contributed by atoms with van der Waals surface area (Å²) in [4.78, 5) is 29.5. The number of carboxylic acids is 2. The highest BCUT2D eigenvalue weighted by Gasteiger charge is 1.97. The van der Waals surface area contributed by atoms with E-state index in [0.29, 0.717) is 17.7 Å². The predicted octanol–water partition coefficient (Wildman–Crippen LogP) is 0.636. The summed E-state index contributed by atoms with van der Waals surface area (Å²) in [6.45, 7) is 0. The van der Waals surface area contributed by atoms with Gasteiger partial charge < -0.3 is 15.9 Å². The largest absolute Gasteiger partial charge is 0.478 e. The molecule has 0 atom stereocenters. The molecule has 4 N–H and O–H groups in total. The Labute approximate surface area is 101 Å². The van der Waals surface area contributed by atoms with Gasteiger partial charge in [-0.2, -0.15) is 0 Å². The van der Waals surface area contributed by atoms with Crippen LogP contribution >= 0.6 is 0 Å². The van der Waals surface area contributed by atoms with Crippen molar-refractivity contribution in [2.24, 2.45) is 5.73 Å². The van der Waals surface area contributed by atoms with Gasteiger partial charge in [-0.05, 0) is 24.3 Å². The third-order valence-electron chi connectivity index (χ3n) is 1.50. The Balaban J connectivity index is 0.000000331. The van der Waals surface area contributed by atoms with E-state index < -0.39 is 17.8 Å². The van der Waals surface area contributed by atoms with E-state index in [2.05, 4.69) is 0 Å². The van der Waals surface area contributed by atoms with Crippen LogP contribution < -0.4 is 5.73 Å². The van der Waals surface area contributed by atoms with E-state index in [1.54, 1.807) is 0 Å². The number of hydrogen-bond acceptors (Lipinski definition) is 3. The lowest BCUT2D eigenvalue weighted by molar-refractivity contribution is -0.134. The fourth-order valence-electron chi connectivity index (χ4n) is 0.757. The molecule has 0 unspecified atom stereocenters. The lowest BCUT2D eigenvalue weighted by atomic mass is 10.2. The zero-order valence-electron chi connectivity index (χ0n) is 9.04. The molecule has 0 saturated carbocycles. The maximum Gasteiger partial charge on any atom is 0.328 e. The normalized spacial score (nSPS) is 9.39. The number of nitrogens with two attached hydrogens (primary N) is 1. The van der Waals surface area contributed by atoms with Crippen molar-refractivity contribution in [1.82, 2.24) is 0 Å². The lowest BCUT2D eigenvalue weighted by Gasteiger charge is -1.91. The number of benzene rings is 1. The van der Waals surface area contributed by atoms with Crippen LogP contribution in [0.4, 0.5) is 4.39 Å². The van der Waals surface area contributed by atoms with Crippen LogP contribution in [0.5, 0.6) is 0 Å². The predicted molar refractivity (Wildman–Crippen MR) is 59.3 cm³/mol. The number of carbonyl (C=O) groups excluding carboxylic acids is 1. The summed E-state index contributed by atoms with van der Waals surface area (Å²) in [5.41, 5.74) is 5.22. The minimum absolute atomic E-state index is 0.321. The number of carboxylic acid groups (broad SMARTS) is 2. The first kappa shape index (κ1) is 15.3. The first-order valence-corrected chi connectivity index (χ1v) is 4.52. The van der Waals surface area contributed by atoms with Crippen LogP contribution in [0.1, 0.15) is 10.4 Å². The van der Waals surface area contributed by atoms with Gasteiger partial charge in [0, 0.05) is 17.7 Å². The molecule has 6 nitrogen and oxygen atoms in total. The Bertz CT molecular complexity index is 451. The van der Waals surface area contributed by atoms with Gasteiger partial charge in [-0.25, -0.2) is 14.0 Å². The average Bonchev–Trinajstić information content (AvgIpc) is 2.28. The molecule has 0 aliphatic heterocycles. The summed E-state index contributed by atoms with van der Waals surface area (Å²) in [6.07, 6.45) is 1.12. The smallest absolute Gasteiger partial charge is 0.328 e. The minimum atomic E-state index is -1.26. The van der Waals surface area contributed by atoms with Gasteiger partial charge in [0.1, 0.15) is 5.82 Å². The molecule has 0 aliphatic rings.